The third kappa shape index (κ3) is 6.34. The predicted molar refractivity (Wildman–Crippen MR) is 47.7 cm³/mol. The zero-order chi connectivity index (χ0) is 9.23. The van der Waals surface area contributed by atoms with Gasteiger partial charge in [0.25, 0.3) is 0 Å². The molecule has 0 spiro atoms. The van der Waals surface area contributed by atoms with Crippen LogP contribution in [0.25, 0.3) is 0 Å². The maximum atomic E-state index is 8.86. The van der Waals surface area contributed by atoms with Crippen molar-refractivity contribution in [3.8, 4) is 0 Å². The molecule has 72 valence electrons. The minimum atomic E-state index is 0.0243. The summed E-state index contributed by atoms with van der Waals surface area (Å²) in [6.07, 6.45) is 6.02. The normalized spacial score (nSPS) is 13.9. The number of hydrogen-bond donors (Lipinski definition) is 3. The van der Waals surface area contributed by atoms with Crippen LogP contribution in [0.3, 0.4) is 0 Å². The van der Waals surface area contributed by atoms with Crippen molar-refractivity contribution >= 4 is 0 Å². The van der Waals surface area contributed by atoms with Gasteiger partial charge in [0.05, 0.1) is 6.61 Å². The molecule has 0 aromatic rings. The first-order valence-electron chi connectivity index (χ1n) is 4.34. The maximum Gasteiger partial charge on any atom is 0.0612 e. The molecule has 12 heavy (non-hydrogen) atoms. The molecular weight excluding hydrogens is 156 g/mol. The second kappa shape index (κ2) is 8.71. The summed E-state index contributed by atoms with van der Waals surface area (Å²) in [5.41, 5.74) is 0. The molecule has 0 heterocycles. The van der Waals surface area contributed by atoms with Crippen molar-refractivity contribution < 1.29 is 15.3 Å². The minimum absolute atomic E-state index is 0.0243. The average molecular weight is 174 g/mol. The Morgan fingerprint density at radius 2 is 1.83 bits per heavy atom. The van der Waals surface area contributed by atoms with Gasteiger partial charge in [-0.25, -0.2) is 0 Å². The summed E-state index contributed by atoms with van der Waals surface area (Å²) < 4.78 is 0. The predicted octanol–water partition coefficient (Wildman–Crippen LogP) is 0.306. The molecule has 3 heteroatoms. The van der Waals surface area contributed by atoms with E-state index in [1.165, 1.54) is 0 Å². The van der Waals surface area contributed by atoms with E-state index in [9.17, 15) is 0 Å². The topological polar surface area (TPSA) is 60.7 Å². The summed E-state index contributed by atoms with van der Waals surface area (Å²) in [6.45, 7) is 0.348. The molecule has 0 amide bonds. The molecule has 0 rings (SSSR count). The van der Waals surface area contributed by atoms with Gasteiger partial charge in [-0.1, -0.05) is 18.6 Å². The smallest absolute Gasteiger partial charge is 0.0612 e. The van der Waals surface area contributed by atoms with Crippen molar-refractivity contribution in [1.29, 1.82) is 0 Å². The molecule has 0 aliphatic carbocycles. The van der Waals surface area contributed by atoms with E-state index in [2.05, 4.69) is 0 Å². The van der Waals surface area contributed by atoms with Gasteiger partial charge in [-0.15, -0.1) is 0 Å². The minimum Gasteiger partial charge on any atom is -0.396 e. The van der Waals surface area contributed by atoms with Gasteiger partial charge in [0.2, 0.25) is 0 Å². The number of hydrogen-bond acceptors (Lipinski definition) is 3. The molecule has 0 saturated heterocycles. The first-order chi connectivity index (χ1) is 5.85. The highest BCUT2D eigenvalue weighted by Gasteiger charge is 2.01. The van der Waals surface area contributed by atoms with Crippen molar-refractivity contribution in [2.24, 2.45) is 5.92 Å². The molecule has 0 aliphatic rings. The molecule has 1 unspecified atom stereocenters. The van der Waals surface area contributed by atoms with Crippen molar-refractivity contribution in [1.82, 2.24) is 0 Å². The van der Waals surface area contributed by atoms with E-state index in [1.807, 2.05) is 6.08 Å². The zero-order valence-electron chi connectivity index (χ0n) is 7.32. The Hall–Kier alpha value is -0.380. The first-order valence-corrected chi connectivity index (χ1v) is 4.34. The molecular formula is C9H18O3. The lowest BCUT2D eigenvalue weighted by Gasteiger charge is -2.07. The van der Waals surface area contributed by atoms with Crippen LogP contribution >= 0.6 is 0 Å². The summed E-state index contributed by atoms with van der Waals surface area (Å²) in [5.74, 6) is 0.128. The Bertz CT molecular complexity index is 112. The van der Waals surface area contributed by atoms with Gasteiger partial charge < -0.3 is 15.3 Å². The van der Waals surface area contributed by atoms with E-state index in [0.29, 0.717) is 0 Å². The highest BCUT2D eigenvalue weighted by atomic mass is 16.3. The van der Waals surface area contributed by atoms with E-state index in [4.69, 9.17) is 15.3 Å². The second-order valence-electron chi connectivity index (χ2n) is 2.77. The van der Waals surface area contributed by atoms with Crippen molar-refractivity contribution in [2.75, 3.05) is 19.8 Å². The summed E-state index contributed by atoms with van der Waals surface area (Å²) >= 11 is 0. The lowest BCUT2D eigenvalue weighted by atomic mass is 10.0. The number of aliphatic hydroxyl groups excluding tert-OH is 3. The molecule has 0 aromatic heterocycles. The van der Waals surface area contributed by atoms with E-state index in [-0.39, 0.29) is 25.7 Å². The molecule has 0 radical (unpaired) electrons. The highest BCUT2D eigenvalue weighted by molar-refractivity contribution is 4.87. The van der Waals surface area contributed by atoms with Crippen LogP contribution in [0.2, 0.25) is 0 Å². The quantitative estimate of drug-likeness (QED) is 0.384. The molecule has 0 aliphatic heterocycles. The summed E-state index contributed by atoms with van der Waals surface area (Å²) in [5, 5.41) is 25.8. The monoisotopic (exact) mass is 174 g/mol. The lowest BCUT2D eigenvalue weighted by molar-refractivity contribution is 0.234. The summed E-state index contributed by atoms with van der Waals surface area (Å²) in [7, 11) is 0. The van der Waals surface area contributed by atoms with Crippen LogP contribution in [0.15, 0.2) is 12.2 Å². The van der Waals surface area contributed by atoms with Gasteiger partial charge in [-0.2, -0.15) is 0 Å². The highest BCUT2D eigenvalue weighted by Crippen LogP contribution is 2.08. The third-order valence-corrected chi connectivity index (χ3v) is 1.73. The van der Waals surface area contributed by atoms with E-state index < -0.39 is 0 Å². The third-order valence-electron chi connectivity index (χ3n) is 1.73. The van der Waals surface area contributed by atoms with Gasteiger partial charge in [-0.3, -0.25) is 0 Å². The number of aliphatic hydroxyl groups is 3. The van der Waals surface area contributed by atoms with Crippen molar-refractivity contribution in [3.05, 3.63) is 12.2 Å². The van der Waals surface area contributed by atoms with Crippen LogP contribution < -0.4 is 0 Å². The van der Waals surface area contributed by atoms with Gasteiger partial charge in [0, 0.05) is 13.2 Å². The maximum absolute atomic E-state index is 8.86. The lowest BCUT2D eigenvalue weighted by Crippen LogP contribution is -2.03. The summed E-state index contributed by atoms with van der Waals surface area (Å²) in [4.78, 5) is 0. The fourth-order valence-corrected chi connectivity index (χ4v) is 1.02. The van der Waals surface area contributed by atoms with Crippen LogP contribution in [-0.4, -0.2) is 35.1 Å². The number of rotatable bonds is 7. The van der Waals surface area contributed by atoms with Gasteiger partial charge in [-0.05, 0) is 18.8 Å². The van der Waals surface area contributed by atoms with Crippen LogP contribution in [-0.2, 0) is 0 Å². The Morgan fingerprint density at radius 1 is 1.08 bits per heavy atom. The molecule has 0 saturated carbocycles. The molecule has 0 fully saturated rings. The Morgan fingerprint density at radius 3 is 2.33 bits per heavy atom. The van der Waals surface area contributed by atoms with Gasteiger partial charge in [0.1, 0.15) is 0 Å². The standard InChI is InChI=1S/C9H18O3/c10-6-2-1-4-9(8-12)5-3-7-11/h3,5,9-12H,1-2,4,6-8H2. The fourth-order valence-electron chi connectivity index (χ4n) is 1.02. The van der Waals surface area contributed by atoms with Crippen LogP contribution in [0.4, 0.5) is 0 Å². The summed E-state index contributed by atoms with van der Waals surface area (Å²) in [6, 6.07) is 0. The van der Waals surface area contributed by atoms with Crippen LogP contribution in [0.1, 0.15) is 19.3 Å². The van der Waals surface area contributed by atoms with Gasteiger partial charge in [0.15, 0.2) is 0 Å². The van der Waals surface area contributed by atoms with Crippen molar-refractivity contribution in [3.63, 3.8) is 0 Å². The average Bonchev–Trinajstić information content (AvgIpc) is 2.11. The largest absolute Gasteiger partial charge is 0.396 e. The van der Waals surface area contributed by atoms with E-state index >= 15 is 0 Å². The zero-order valence-corrected chi connectivity index (χ0v) is 7.32. The fraction of sp³-hybridized carbons (Fsp3) is 0.778. The molecule has 0 aromatic carbocycles. The number of unbranched alkanes of at least 4 members (excludes halogenated alkanes) is 1. The molecule has 3 N–H and O–H groups in total. The van der Waals surface area contributed by atoms with Crippen LogP contribution in [0.5, 0.6) is 0 Å². The molecule has 0 bridgehead atoms. The molecule has 3 nitrogen and oxygen atoms in total. The Balaban J connectivity index is 3.46. The van der Waals surface area contributed by atoms with E-state index in [0.717, 1.165) is 19.3 Å². The second-order valence-corrected chi connectivity index (χ2v) is 2.77. The van der Waals surface area contributed by atoms with Crippen LogP contribution in [0, 0.1) is 5.92 Å². The first kappa shape index (κ1) is 11.6. The van der Waals surface area contributed by atoms with E-state index in [1.54, 1.807) is 6.08 Å². The van der Waals surface area contributed by atoms with Gasteiger partial charge >= 0.3 is 0 Å². The Kier molecular flexibility index (Phi) is 8.44. The Labute approximate surface area is 73.4 Å². The molecule has 1 atom stereocenters. The SMILES string of the molecule is OCC=CC(CO)CCCCO. The van der Waals surface area contributed by atoms with Crippen molar-refractivity contribution in [2.45, 2.75) is 19.3 Å².